The molecule has 8 heteroatoms. The molecule has 4 nitrogen and oxygen atoms in total. The molecule has 1 aromatic rings. The zero-order chi connectivity index (χ0) is 14.8. The van der Waals surface area contributed by atoms with Gasteiger partial charge in [0.15, 0.2) is 5.60 Å². The normalized spacial score (nSPS) is 18.9. The van der Waals surface area contributed by atoms with Crippen molar-refractivity contribution in [2.24, 2.45) is 0 Å². The second-order valence-electron chi connectivity index (χ2n) is 4.81. The predicted octanol–water partition coefficient (Wildman–Crippen LogP) is 2.35. The Morgan fingerprint density at radius 1 is 1.45 bits per heavy atom. The predicted molar refractivity (Wildman–Crippen MR) is 68.4 cm³/mol. The lowest BCUT2D eigenvalue weighted by atomic mass is 9.91. The summed E-state index contributed by atoms with van der Waals surface area (Å²) in [6, 6.07) is 1.46. The molecule has 0 atom stereocenters. The molecule has 0 bridgehead atoms. The monoisotopic (exact) mass is 308 g/mol. The van der Waals surface area contributed by atoms with Crippen LogP contribution in [0.5, 0.6) is 0 Å². The number of carbonyl (C=O) groups is 1. The van der Waals surface area contributed by atoms with Crippen molar-refractivity contribution >= 4 is 17.4 Å². The van der Waals surface area contributed by atoms with Crippen LogP contribution in [0.4, 0.5) is 18.0 Å². The molecule has 1 saturated heterocycles. The number of piperidine rings is 1. The first kappa shape index (κ1) is 15.1. The van der Waals surface area contributed by atoms with E-state index >= 15 is 0 Å². The third-order valence-corrected chi connectivity index (χ3v) is 4.16. The fourth-order valence-electron chi connectivity index (χ4n) is 2.05. The maximum Gasteiger partial charge on any atom is 0.417 e. The Morgan fingerprint density at radius 3 is 2.60 bits per heavy atom. The van der Waals surface area contributed by atoms with Crippen LogP contribution in [0.3, 0.4) is 0 Å². The standard InChI is InChI=1S/C12H15F3N2O2S/c13-12(14,15)11(19)2-4-17(5-3-11)10(18)16-7-9-1-6-20-8-9/h1,6,8,19H,2-5,7H2,(H,16,18). The quantitative estimate of drug-likeness (QED) is 0.881. The van der Waals surface area contributed by atoms with Gasteiger partial charge in [-0.05, 0) is 22.4 Å². The maximum atomic E-state index is 12.6. The Hall–Kier alpha value is -1.28. The molecule has 1 fully saturated rings. The summed E-state index contributed by atoms with van der Waals surface area (Å²) in [5.41, 5.74) is -1.72. The van der Waals surface area contributed by atoms with E-state index in [1.165, 1.54) is 16.2 Å². The lowest BCUT2D eigenvalue weighted by molar-refractivity contribution is -0.271. The van der Waals surface area contributed by atoms with Gasteiger partial charge in [0.2, 0.25) is 0 Å². The Morgan fingerprint density at radius 2 is 2.10 bits per heavy atom. The van der Waals surface area contributed by atoms with E-state index in [0.29, 0.717) is 6.54 Å². The van der Waals surface area contributed by atoms with E-state index in [0.717, 1.165) is 5.56 Å². The zero-order valence-electron chi connectivity index (χ0n) is 10.6. The molecule has 1 aliphatic heterocycles. The highest BCUT2D eigenvalue weighted by Gasteiger charge is 2.54. The Balaban J connectivity index is 1.83. The van der Waals surface area contributed by atoms with Gasteiger partial charge in [0.1, 0.15) is 0 Å². The summed E-state index contributed by atoms with van der Waals surface area (Å²) in [4.78, 5) is 13.1. The number of thiophene rings is 1. The molecule has 1 aromatic heterocycles. The van der Waals surface area contributed by atoms with Crippen molar-refractivity contribution in [1.29, 1.82) is 0 Å². The van der Waals surface area contributed by atoms with Crippen LogP contribution in [-0.4, -0.2) is 40.9 Å². The van der Waals surface area contributed by atoms with E-state index in [2.05, 4.69) is 5.32 Å². The molecule has 0 unspecified atom stereocenters. The number of urea groups is 1. The first-order valence-corrected chi connectivity index (χ1v) is 7.09. The minimum Gasteiger partial charge on any atom is -0.380 e. The van der Waals surface area contributed by atoms with Crippen molar-refractivity contribution in [1.82, 2.24) is 10.2 Å². The number of aliphatic hydroxyl groups is 1. The Labute approximate surface area is 118 Å². The number of nitrogens with zero attached hydrogens (tertiary/aromatic N) is 1. The van der Waals surface area contributed by atoms with Crippen molar-refractivity contribution in [3.05, 3.63) is 22.4 Å². The smallest absolute Gasteiger partial charge is 0.380 e. The molecule has 2 rings (SSSR count). The molecule has 1 aliphatic rings. The largest absolute Gasteiger partial charge is 0.417 e. The number of amides is 2. The number of likely N-dealkylation sites (tertiary alicyclic amines) is 1. The van der Waals surface area contributed by atoms with Gasteiger partial charge in [-0.3, -0.25) is 0 Å². The summed E-state index contributed by atoms with van der Waals surface area (Å²) < 4.78 is 37.9. The van der Waals surface area contributed by atoms with E-state index in [1.54, 1.807) is 0 Å². The number of nitrogens with one attached hydrogen (secondary N) is 1. The van der Waals surface area contributed by atoms with Crippen LogP contribution in [0, 0.1) is 0 Å². The molecule has 20 heavy (non-hydrogen) atoms. The van der Waals surface area contributed by atoms with E-state index in [-0.39, 0.29) is 13.1 Å². The minimum atomic E-state index is -4.65. The summed E-state index contributed by atoms with van der Waals surface area (Å²) >= 11 is 1.51. The molecule has 0 aromatic carbocycles. The molecule has 0 spiro atoms. The molecule has 0 radical (unpaired) electrons. The molecule has 2 amide bonds. The van der Waals surface area contributed by atoms with Crippen molar-refractivity contribution in [2.75, 3.05) is 13.1 Å². The van der Waals surface area contributed by atoms with Crippen LogP contribution in [-0.2, 0) is 6.54 Å². The van der Waals surface area contributed by atoms with Gasteiger partial charge in [-0.15, -0.1) is 0 Å². The van der Waals surface area contributed by atoms with Crippen LogP contribution in [0.25, 0.3) is 0 Å². The van der Waals surface area contributed by atoms with Crippen molar-refractivity contribution in [2.45, 2.75) is 31.2 Å². The highest BCUT2D eigenvalue weighted by Crippen LogP contribution is 2.38. The van der Waals surface area contributed by atoms with Crippen LogP contribution in [0.2, 0.25) is 0 Å². The average Bonchev–Trinajstić information content (AvgIpc) is 2.88. The number of carbonyl (C=O) groups excluding carboxylic acids is 1. The van der Waals surface area contributed by atoms with Crippen LogP contribution < -0.4 is 5.32 Å². The molecular formula is C12H15F3N2O2S. The highest BCUT2D eigenvalue weighted by molar-refractivity contribution is 7.07. The lowest BCUT2D eigenvalue weighted by Crippen LogP contribution is -2.55. The Kier molecular flexibility index (Phi) is 4.24. The van der Waals surface area contributed by atoms with Crippen LogP contribution in [0.15, 0.2) is 16.8 Å². The first-order chi connectivity index (χ1) is 9.32. The zero-order valence-corrected chi connectivity index (χ0v) is 11.4. The number of alkyl halides is 3. The minimum absolute atomic E-state index is 0.106. The van der Waals surface area contributed by atoms with E-state index in [9.17, 15) is 23.1 Å². The molecule has 2 heterocycles. The van der Waals surface area contributed by atoms with E-state index < -0.39 is 30.7 Å². The third kappa shape index (κ3) is 3.24. The van der Waals surface area contributed by atoms with Gasteiger partial charge in [0.05, 0.1) is 0 Å². The van der Waals surface area contributed by atoms with E-state index in [4.69, 9.17) is 0 Å². The van der Waals surface area contributed by atoms with Crippen LogP contribution >= 0.6 is 11.3 Å². The van der Waals surface area contributed by atoms with Crippen molar-refractivity contribution in [3.63, 3.8) is 0 Å². The number of hydrogen-bond acceptors (Lipinski definition) is 3. The molecule has 2 N–H and O–H groups in total. The van der Waals surface area contributed by atoms with Crippen molar-refractivity contribution < 1.29 is 23.1 Å². The van der Waals surface area contributed by atoms with Crippen LogP contribution in [0.1, 0.15) is 18.4 Å². The number of hydrogen-bond donors (Lipinski definition) is 2. The van der Waals surface area contributed by atoms with Gasteiger partial charge >= 0.3 is 12.2 Å². The SMILES string of the molecule is O=C(NCc1ccsc1)N1CCC(O)(C(F)(F)F)CC1. The summed E-state index contributed by atoms with van der Waals surface area (Å²) in [7, 11) is 0. The summed E-state index contributed by atoms with van der Waals surface area (Å²) in [6.07, 6.45) is -5.61. The molecule has 0 aliphatic carbocycles. The fourth-order valence-corrected chi connectivity index (χ4v) is 2.71. The van der Waals surface area contributed by atoms with Gasteiger partial charge in [-0.25, -0.2) is 4.79 Å². The van der Waals surface area contributed by atoms with Gasteiger partial charge < -0.3 is 15.3 Å². The number of rotatable bonds is 2. The summed E-state index contributed by atoms with van der Waals surface area (Å²) in [6.45, 7) is 0.138. The van der Waals surface area contributed by atoms with Gasteiger partial charge in [0, 0.05) is 32.5 Å². The lowest BCUT2D eigenvalue weighted by Gasteiger charge is -2.38. The number of halogens is 3. The van der Waals surface area contributed by atoms with Gasteiger partial charge in [-0.2, -0.15) is 24.5 Å². The molecule has 112 valence electrons. The molecular weight excluding hydrogens is 293 g/mol. The second-order valence-corrected chi connectivity index (χ2v) is 5.59. The topological polar surface area (TPSA) is 52.6 Å². The Bertz CT molecular complexity index is 454. The van der Waals surface area contributed by atoms with Crippen molar-refractivity contribution in [3.8, 4) is 0 Å². The highest BCUT2D eigenvalue weighted by atomic mass is 32.1. The summed E-state index contributed by atoms with van der Waals surface area (Å²) in [5.74, 6) is 0. The second kappa shape index (κ2) is 5.61. The van der Waals surface area contributed by atoms with Gasteiger partial charge in [0.25, 0.3) is 0 Å². The third-order valence-electron chi connectivity index (χ3n) is 3.43. The van der Waals surface area contributed by atoms with E-state index in [1.807, 2.05) is 16.8 Å². The first-order valence-electron chi connectivity index (χ1n) is 6.15. The molecule has 0 saturated carbocycles. The summed E-state index contributed by atoms with van der Waals surface area (Å²) in [5, 5.41) is 15.9. The van der Waals surface area contributed by atoms with Gasteiger partial charge in [-0.1, -0.05) is 0 Å². The fraction of sp³-hybridized carbons (Fsp3) is 0.583. The average molecular weight is 308 g/mol. The maximum absolute atomic E-state index is 12.6.